The second kappa shape index (κ2) is 6.91. The van der Waals surface area contributed by atoms with E-state index in [2.05, 4.69) is 42.1 Å². The number of likely N-dealkylation sites (tertiary alicyclic amines) is 1. The minimum absolute atomic E-state index is 0.0111. The fourth-order valence-electron chi connectivity index (χ4n) is 5.29. The molecule has 2 bridgehead atoms. The van der Waals surface area contributed by atoms with Gasteiger partial charge in [0.1, 0.15) is 0 Å². The quantitative estimate of drug-likeness (QED) is 0.790. The standard InChI is InChI=1S/C21H23BrN4O/c22-17-5-1-2-6-18(17)24-21(27)26-13-16(15-4-3-9-23-12-15)20-19(26)14-7-10-25(20)11-8-14/h1-6,9,12,14,16,19-20H,7-8,10-11,13H2,(H,24,27). The Morgan fingerprint density at radius 3 is 2.67 bits per heavy atom. The molecular weight excluding hydrogens is 404 g/mol. The topological polar surface area (TPSA) is 48.5 Å². The van der Waals surface area contributed by atoms with Gasteiger partial charge in [-0.3, -0.25) is 9.88 Å². The number of urea groups is 1. The van der Waals surface area contributed by atoms with Crippen LogP contribution in [0.1, 0.15) is 24.3 Å². The van der Waals surface area contributed by atoms with Crippen LogP contribution in [0.4, 0.5) is 10.5 Å². The third kappa shape index (κ3) is 2.95. The van der Waals surface area contributed by atoms with Gasteiger partial charge >= 0.3 is 6.03 Å². The minimum atomic E-state index is 0.0111. The van der Waals surface area contributed by atoms with Gasteiger partial charge in [0.2, 0.25) is 0 Å². The molecule has 1 aromatic heterocycles. The van der Waals surface area contributed by atoms with Crippen molar-refractivity contribution in [3.8, 4) is 0 Å². The number of piperidine rings is 3. The van der Waals surface area contributed by atoms with E-state index in [1.807, 2.05) is 42.7 Å². The van der Waals surface area contributed by atoms with Gasteiger partial charge in [-0.25, -0.2) is 4.79 Å². The average molecular weight is 427 g/mol. The van der Waals surface area contributed by atoms with Crippen LogP contribution < -0.4 is 5.32 Å². The minimum Gasteiger partial charge on any atom is -0.319 e. The Morgan fingerprint density at radius 1 is 1.11 bits per heavy atom. The van der Waals surface area contributed by atoms with Gasteiger partial charge in [0.05, 0.1) is 11.7 Å². The molecule has 3 atom stereocenters. The van der Waals surface area contributed by atoms with Gasteiger partial charge in [0.25, 0.3) is 0 Å². The van der Waals surface area contributed by atoms with E-state index in [1.165, 1.54) is 18.4 Å². The Balaban J connectivity index is 1.45. The number of aromatic nitrogens is 1. The zero-order valence-corrected chi connectivity index (χ0v) is 16.7. The highest BCUT2D eigenvalue weighted by molar-refractivity contribution is 9.10. The number of amides is 2. The largest absolute Gasteiger partial charge is 0.322 e. The third-order valence-electron chi connectivity index (χ3n) is 6.48. The summed E-state index contributed by atoms with van der Waals surface area (Å²) in [6.07, 6.45) is 6.18. The molecule has 1 N–H and O–H groups in total. The highest BCUT2D eigenvalue weighted by Gasteiger charge is 2.54. The molecule has 4 aliphatic rings. The van der Waals surface area contributed by atoms with E-state index in [1.54, 1.807) is 0 Å². The van der Waals surface area contributed by atoms with Crippen LogP contribution in [0, 0.1) is 5.92 Å². The summed E-state index contributed by atoms with van der Waals surface area (Å²) in [6.45, 7) is 3.06. The fraction of sp³-hybridized carbons (Fsp3) is 0.429. The first-order valence-corrected chi connectivity index (χ1v) is 10.5. The SMILES string of the molecule is O=C(Nc1ccccc1Br)N1CC(c2cccnc2)C2C1C1CCN2CC1. The Hall–Kier alpha value is -1.92. The Kier molecular flexibility index (Phi) is 4.40. The Bertz CT molecular complexity index is 837. The molecule has 4 fully saturated rings. The summed E-state index contributed by atoms with van der Waals surface area (Å²) in [5.41, 5.74) is 2.07. The Labute approximate surface area is 167 Å². The highest BCUT2D eigenvalue weighted by atomic mass is 79.9. The van der Waals surface area contributed by atoms with Crippen LogP contribution in [0.2, 0.25) is 0 Å². The van der Waals surface area contributed by atoms with Crippen LogP contribution in [-0.2, 0) is 0 Å². The van der Waals surface area contributed by atoms with Gasteiger partial charge in [-0.1, -0.05) is 18.2 Å². The molecule has 140 valence electrons. The number of benzene rings is 1. The van der Waals surface area contributed by atoms with Gasteiger partial charge in [-0.2, -0.15) is 0 Å². The normalized spacial score (nSPS) is 31.6. The predicted molar refractivity (Wildman–Crippen MR) is 109 cm³/mol. The fourth-order valence-corrected chi connectivity index (χ4v) is 5.68. The monoisotopic (exact) mass is 426 g/mol. The predicted octanol–water partition coefficient (Wildman–Crippen LogP) is 3.94. The van der Waals surface area contributed by atoms with Crippen molar-refractivity contribution in [2.24, 2.45) is 5.92 Å². The number of para-hydroxylation sites is 1. The number of fused-ring (bicyclic) bond motifs is 2. The number of carbonyl (C=O) groups excluding carboxylic acids is 1. The molecule has 0 radical (unpaired) electrons. The maximum absolute atomic E-state index is 13.2. The van der Waals surface area contributed by atoms with Crippen molar-refractivity contribution in [1.82, 2.24) is 14.8 Å². The van der Waals surface area contributed by atoms with Crippen molar-refractivity contribution in [2.75, 3.05) is 25.0 Å². The van der Waals surface area contributed by atoms with Gasteiger partial charge in [-0.05, 0) is 71.5 Å². The first-order valence-electron chi connectivity index (χ1n) is 9.68. The molecule has 0 saturated carbocycles. The van der Waals surface area contributed by atoms with Crippen LogP contribution in [0.25, 0.3) is 0 Å². The maximum Gasteiger partial charge on any atom is 0.322 e. The van der Waals surface area contributed by atoms with E-state index in [4.69, 9.17) is 0 Å². The number of carbonyl (C=O) groups is 1. The lowest BCUT2D eigenvalue weighted by Crippen LogP contribution is -2.61. The third-order valence-corrected chi connectivity index (χ3v) is 7.17. The van der Waals surface area contributed by atoms with Crippen molar-refractivity contribution in [1.29, 1.82) is 0 Å². The second-order valence-corrected chi connectivity index (χ2v) is 8.66. The van der Waals surface area contributed by atoms with Gasteiger partial charge in [0.15, 0.2) is 0 Å². The average Bonchev–Trinajstić information content (AvgIpc) is 3.14. The van der Waals surface area contributed by atoms with E-state index in [0.29, 0.717) is 23.9 Å². The van der Waals surface area contributed by atoms with Crippen LogP contribution in [0.3, 0.4) is 0 Å². The molecule has 1 aromatic carbocycles. The number of pyridine rings is 1. The molecule has 2 amide bonds. The number of halogens is 1. The number of rotatable bonds is 2. The van der Waals surface area contributed by atoms with Crippen molar-refractivity contribution >= 4 is 27.6 Å². The summed E-state index contributed by atoms with van der Waals surface area (Å²) in [6, 6.07) is 12.7. The zero-order valence-electron chi connectivity index (χ0n) is 15.1. The number of hydrogen-bond donors (Lipinski definition) is 1. The summed E-state index contributed by atoms with van der Waals surface area (Å²) in [4.78, 5) is 22.3. The molecule has 4 aliphatic heterocycles. The molecule has 5 nitrogen and oxygen atoms in total. The van der Waals surface area contributed by atoms with Gasteiger partial charge in [-0.15, -0.1) is 0 Å². The Morgan fingerprint density at radius 2 is 1.93 bits per heavy atom. The summed E-state index contributed by atoms with van der Waals surface area (Å²) in [5, 5.41) is 3.12. The first-order chi connectivity index (χ1) is 13.2. The molecule has 6 rings (SSSR count). The lowest BCUT2D eigenvalue weighted by molar-refractivity contribution is 0.00492. The van der Waals surface area contributed by atoms with E-state index in [-0.39, 0.29) is 6.03 Å². The summed E-state index contributed by atoms with van der Waals surface area (Å²) < 4.78 is 0.909. The molecule has 6 heteroatoms. The van der Waals surface area contributed by atoms with Crippen LogP contribution in [0.5, 0.6) is 0 Å². The van der Waals surface area contributed by atoms with E-state index in [9.17, 15) is 4.79 Å². The molecule has 0 aliphatic carbocycles. The maximum atomic E-state index is 13.2. The summed E-state index contributed by atoms with van der Waals surface area (Å²) in [5.74, 6) is 0.934. The number of hydrogen-bond acceptors (Lipinski definition) is 3. The number of nitrogens with one attached hydrogen (secondary N) is 1. The van der Waals surface area contributed by atoms with Crippen molar-refractivity contribution in [2.45, 2.75) is 30.8 Å². The van der Waals surface area contributed by atoms with Crippen molar-refractivity contribution in [3.63, 3.8) is 0 Å². The van der Waals surface area contributed by atoms with Gasteiger partial charge in [0, 0.05) is 35.4 Å². The van der Waals surface area contributed by atoms with Crippen molar-refractivity contribution < 1.29 is 4.79 Å². The number of nitrogens with zero attached hydrogens (tertiary/aromatic N) is 3. The molecular formula is C21H23BrN4O. The highest BCUT2D eigenvalue weighted by Crippen LogP contribution is 2.46. The molecule has 0 spiro atoms. The molecule has 2 aromatic rings. The summed E-state index contributed by atoms with van der Waals surface area (Å²) in [7, 11) is 0. The zero-order chi connectivity index (χ0) is 18.4. The van der Waals surface area contributed by atoms with Gasteiger partial charge < -0.3 is 10.2 Å². The lowest BCUT2D eigenvalue weighted by atomic mass is 9.75. The van der Waals surface area contributed by atoms with Crippen molar-refractivity contribution in [3.05, 3.63) is 58.8 Å². The summed E-state index contributed by atoms with van der Waals surface area (Å²) >= 11 is 3.53. The lowest BCUT2D eigenvalue weighted by Gasteiger charge is -2.51. The van der Waals surface area contributed by atoms with Crippen LogP contribution in [0.15, 0.2) is 53.3 Å². The first kappa shape index (κ1) is 17.2. The van der Waals surface area contributed by atoms with E-state index in [0.717, 1.165) is 29.8 Å². The smallest absolute Gasteiger partial charge is 0.319 e. The molecule has 3 unspecified atom stereocenters. The van der Waals surface area contributed by atoms with E-state index >= 15 is 0 Å². The molecule has 5 heterocycles. The van der Waals surface area contributed by atoms with Crippen LogP contribution >= 0.6 is 15.9 Å². The molecule has 27 heavy (non-hydrogen) atoms. The van der Waals surface area contributed by atoms with E-state index < -0.39 is 0 Å². The second-order valence-electron chi connectivity index (χ2n) is 7.81. The molecule has 4 saturated heterocycles. The van der Waals surface area contributed by atoms with Crippen LogP contribution in [-0.4, -0.2) is 52.5 Å². The number of anilines is 1.